The fourth-order valence-corrected chi connectivity index (χ4v) is 1.85. The number of carbonyl (C=O) groups is 2. The third-order valence-electron chi connectivity index (χ3n) is 3.04. The summed E-state index contributed by atoms with van der Waals surface area (Å²) in [6.07, 6.45) is 1.73. The van der Waals surface area contributed by atoms with E-state index < -0.39 is 5.97 Å². The van der Waals surface area contributed by atoms with E-state index in [1.807, 2.05) is 0 Å². The number of hydrogen-bond donors (Lipinski definition) is 1. The SMILES string of the molecule is COc1ccc(OCC(=O)N(CC(=O)O)C2CC2)cc1. The van der Waals surface area contributed by atoms with Crippen LogP contribution in [0, 0.1) is 0 Å². The molecule has 1 aliphatic rings. The molecule has 0 aliphatic heterocycles. The smallest absolute Gasteiger partial charge is 0.323 e. The molecule has 20 heavy (non-hydrogen) atoms. The third kappa shape index (κ3) is 3.88. The van der Waals surface area contributed by atoms with Gasteiger partial charge in [0.15, 0.2) is 6.61 Å². The Labute approximate surface area is 116 Å². The van der Waals surface area contributed by atoms with Gasteiger partial charge in [-0.05, 0) is 37.1 Å². The molecule has 1 N–H and O–H groups in total. The van der Waals surface area contributed by atoms with Gasteiger partial charge in [-0.25, -0.2) is 0 Å². The van der Waals surface area contributed by atoms with Gasteiger partial charge in [-0.3, -0.25) is 9.59 Å². The molecule has 1 aliphatic carbocycles. The maximum atomic E-state index is 12.0. The van der Waals surface area contributed by atoms with Crippen molar-refractivity contribution in [3.8, 4) is 11.5 Å². The molecule has 0 heterocycles. The van der Waals surface area contributed by atoms with Crippen molar-refractivity contribution in [2.24, 2.45) is 0 Å². The summed E-state index contributed by atoms with van der Waals surface area (Å²) in [5.41, 5.74) is 0. The van der Waals surface area contributed by atoms with Crippen LogP contribution in [0.2, 0.25) is 0 Å². The number of nitrogens with zero attached hydrogens (tertiary/aromatic N) is 1. The molecule has 1 aromatic rings. The van der Waals surface area contributed by atoms with Gasteiger partial charge >= 0.3 is 5.97 Å². The summed E-state index contributed by atoms with van der Waals surface area (Å²) in [5, 5.41) is 8.80. The Kier molecular flexibility index (Phi) is 4.45. The molecule has 0 radical (unpaired) electrons. The van der Waals surface area contributed by atoms with E-state index in [0.29, 0.717) is 11.5 Å². The van der Waals surface area contributed by atoms with Crippen LogP contribution in [0.3, 0.4) is 0 Å². The van der Waals surface area contributed by atoms with Gasteiger partial charge in [0.05, 0.1) is 7.11 Å². The average molecular weight is 279 g/mol. The number of amides is 1. The quantitative estimate of drug-likeness (QED) is 0.810. The van der Waals surface area contributed by atoms with E-state index in [-0.39, 0.29) is 25.1 Å². The lowest BCUT2D eigenvalue weighted by molar-refractivity contribution is -0.145. The summed E-state index contributed by atoms with van der Waals surface area (Å²) in [6.45, 7) is -0.425. The van der Waals surface area contributed by atoms with Crippen LogP contribution in [0.5, 0.6) is 11.5 Å². The number of benzene rings is 1. The fraction of sp³-hybridized carbons (Fsp3) is 0.429. The highest BCUT2D eigenvalue weighted by molar-refractivity contribution is 5.83. The van der Waals surface area contributed by atoms with E-state index in [2.05, 4.69) is 0 Å². The monoisotopic (exact) mass is 279 g/mol. The second kappa shape index (κ2) is 6.27. The molecular formula is C14H17NO5. The van der Waals surface area contributed by atoms with E-state index in [0.717, 1.165) is 12.8 Å². The van der Waals surface area contributed by atoms with Crippen molar-refractivity contribution in [2.45, 2.75) is 18.9 Å². The van der Waals surface area contributed by atoms with Gasteiger partial charge in [0.2, 0.25) is 0 Å². The van der Waals surface area contributed by atoms with Crippen molar-refractivity contribution >= 4 is 11.9 Å². The minimum atomic E-state index is -1.00. The molecule has 0 aromatic heterocycles. The molecule has 0 spiro atoms. The Hall–Kier alpha value is -2.24. The lowest BCUT2D eigenvalue weighted by atomic mass is 10.3. The Bertz CT molecular complexity index is 481. The standard InChI is InChI=1S/C14H17NO5/c1-19-11-4-6-12(7-5-11)20-9-13(16)15(8-14(17)18)10-2-3-10/h4-7,10H,2-3,8-9H2,1H3,(H,17,18). The highest BCUT2D eigenvalue weighted by Crippen LogP contribution is 2.26. The lowest BCUT2D eigenvalue weighted by Crippen LogP contribution is -2.40. The number of carboxylic acid groups (broad SMARTS) is 1. The topological polar surface area (TPSA) is 76.1 Å². The number of ether oxygens (including phenoxy) is 2. The molecule has 6 nitrogen and oxygen atoms in total. The molecule has 1 aromatic carbocycles. The first-order chi connectivity index (χ1) is 9.60. The number of rotatable bonds is 7. The largest absolute Gasteiger partial charge is 0.497 e. The maximum absolute atomic E-state index is 12.0. The van der Waals surface area contributed by atoms with Crippen molar-refractivity contribution in [1.29, 1.82) is 0 Å². The molecule has 0 atom stereocenters. The molecule has 1 saturated carbocycles. The van der Waals surface area contributed by atoms with E-state index in [1.54, 1.807) is 31.4 Å². The minimum Gasteiger partial charge on any atom is -0.497 e. The highest BCUT2D eigenvalue weighted by atomic mass is 16.5. The van der Waals surface area contributed by atoms with Crippen LogP contribution >= 0.6 is 0 Å². The van der Waals surface area contributed by atoms with Gasteiger partial charge in [-0.1, -0.05) is 0 Å². The Morgan fingerprint density at radius 1 is 1.25 bits per heavy atom. The first kappa shape index (κ1) is 14.2. The second-order valence-electron chi connectivity index (χ2n) is 4.61. The Balaban J connectivity index is 1.87. The summed E-state index contributed by atoms with van der Waals surface area (Å²) >= 11 is 0. The lowest BCUT2D eigenvalue weighted by Gasteiger charge is -2.20. The van der Waals surface area contributed by atoms with Crippen LogP contribution < -0.4 is 9.47 Å². The summed E-state index contributed by atoms with van der Waals surface area (Å²) < 4.78 is 10.4. The Morgan fingerprint density at radius 3 is 2.35 bits per heavy atom. The predicted molar refractivity (Wildman–Crippen MR) is 70.9 cm³/mol. The number of aliphatic carboxylic acids is 1. The zero-order valence-corrected chi connectivity index (χ0v) is 11.2. The van der Waals surface area contributed by atoms with Crippen molar-refractivity contribution < 1.29 is 24.2 Å². The normalized spacial score (nSPS) is 13.7. The van der Waals surface area contributed by atoms with Gasteiger partial charge in [-0.15, -0.1) is 0 Å². The van der Waals surface area contributed by atoms with Gasteiger partial charge in [0.1, 0.15) is 18.0 Å². The molecule has 0 saturated heterocycles. The van der Waals surface area contributed by atoms with Crippen LogP contribution in [0.15, 0.2) is 24.3 Å². The van der Waals surface area contributed by atoms with Crippen molar-refractivity contribution in [1.82, 2.24) is 4.90 Å². The molecule has 108 valence electrons. The zero-order chi connectivity index (χ0) is 14.5. The first-order valence-electron chi connectivity index (χ1n) is 6.38. The molecule has 0 bridgehead atoms. The highest BCUT2D eigenvalue weighted by Gasteiger charge is 2.33. The van der Waals surface area contributed by atoms with Crippen molar-refractivity contribution in [2.75, 3.05) is 20.3 Å². The van der Waals surface area contributed by atoms with Gasteiger partial charge in [0, 0.05) is 6.04 Å². The summed E-state index contributed by atoms with van der Waals surface area (Å²) in [7, 11) is 1.57. The molecule has 0 unspecified atom stereocenters. The summed E-state index contributed by atoms with van der Waals surface area (Å²) in [4.78, 5) is 24.1. The number of hydrogen-bond acceptors (Lipinski definition) is 4. The molecular weight excluding hydrogens is 262 g/mol. The number of carbonyl (C=O) groups excluding carboxylic acids is 1. The van der Waals surface area contributed by atoms with E-state index >= 15 is 0 Å². The van der Waals surface area contributed by atoms with E-state index in [9.17, 15) is 9.59 Å². The van der Waals surface area contributed by atoms with E-state index in [1.165, 1.54) is 4.90 Å². The predicted octanol–water partition coefficient (Wildman–Crippen LogP) is 1.15. The van der Waals surface area contributed by atoms with Crippen LogP contribution in [0.25, 0.3) is 0 Å². The molecule has 6 heteroatoms. The molecule has 1 amide bonds. The number of methoxy groups -OCH3 is 1. The van der Waals surface area contributed by atoms with Gasteiger partial charge < -0.3 is 19.5 Å². The van der Waals surface area contributed by atoms with Crippen LogP contribution in [0.1, 0.15) is 12.8 Å². The minimum absolute atomic E-state index is 0.0538. The average Bonchev–Trinajstić information content (AvgIpc) is 3.27. The first-order valence-corrected chi connectivity index (χ1v) is 6.38. The molecule has 1 fully saturated rings. The van der Waals surface area contributed by atoms with Gasteiger partial charge in [-0.2, -0.15) is 0 Å². The number of carboxylic acids is 1. The van der Waals surface area contributed by atoms with E-state index in [4.69, 9.17) is 14.6 Å². The third-order valence-corrected chi connectivity index (χ3v) is 3.04. The van der Waals surface area contributed by atoms with Crippen molar-refractivity contribution in [3.05, 3.63) is 24.3 Å². The van der Waals surface area contributed by atoms with Crippen molar-refractivity contribution in [3.63, 3.8) is 0 Å². The summed E-state index contributed by atoms with van der Waals surface area (Å²) in [5.74, 6) is -0.0557. The summed E-state index contributed by atoms with van der Waals surface area (Å²) in [6, 6.07) is 6.92. The van der Waals surface area contributed by atoms with Crippen LogP contribution in [-0.4, -0.2) is 48.2 Å². The molecule has 2 rings (SSSR count). The zero-order valence-electron chi connectivity index (χ0n) is 11.2. The fourth-order valence-electron chi connectivity index (χ4n) is 1.85. The van der Waals surface area contributed by atoms with Crippen LogP contribution in [0.4, 0.5) is 0 Å². The second-order valence-corrected chi connectivity index (χ2v) is 4.61. The van der Waals surface area contributed by atoms with Crippen LogP contribution in [-0.2, 0) is 9.59 Å². The van der Waals surface area contributed by atoms with Gasteiger partial charge in [0.25, 0.3) is 5.91 Å². The maximum Gasteiger partial charge on any atom is 0.323 e. The Morgan fingerprint density at radius 2 is 1.85 bits per heavy atom.